The second kappa shape index (κ2) is 6.52. The van der Waals surface area contributed by atoms with Crippen LogP contribution in [0.25, 0.3) is 10.9 Å². The van der Waals surface area contributed by atoms with Crippen molar-refractivity contribution in [3.8, 4) is 5.75 Å². The maximum absolute atomic E-state index is 10.8. The Morgan fingerprint density at radius 2 is 1.75 bits per heavy atom. The fourth-order valence-electron chi connectivity index (χ4n) is 3.01. The van der Waals surface area contributed by atoms with Gasteiger partial charge in [0, 0.05) is 22.8 Å². The second-order valence-corrected chi connectivity index (χ2v) is 7.41. The molecule has 1 heterocycles. The molecule has 3 rings (SSSR count). The van der Waals surface area contributed by atoms with Gasteiger partial charge in [0.2, 0.25) is 0 Å². The Morgan fingerprint density at radius 1 is 1.00 bits per heavy atom. The summed E-state index contributed by atoms with van der Waals surface area (Å²) in [6.07, 6.45) is 2.61. The third-order valence-electron chi connectivity index (χ3n) is 4.09. The van der Waals surface area contributed by atoms with E-state index in [0.717, 1.165) is 23.1 Å². The summed E-state index contributed by atoms with van der Waals surface area (Å²) < 4.78 is 0. The summed E-state index contributed by atoms with van der Waals surface area (Å²) in [6.45, 7) is 6.63. The Kier molecular flexibility index (Phi) is 4.43. The summed E-state index contributed by atoms with van der Waals surface area (Å²) in [5.41, 5.74) is 2.72. The van der Waals surface area contributed by atoms with E-state index >= 15 is 0 Å². The SMILES string of the molecule is CC(C)(C)CC(Nc1ccccc1)c1ccc2cccnc2c1O. The second-order valence-electron chi connectivity index (χ2n) is 7.41. The van der Waals surface area contributed by atoms with E-state index in [0.29, 0.717) is 5.52 Å². The van der Waals surface area contributed by atoms with Crippen LogP contribution in [0.3, 0.4) is 0 Å². The molecular weight excluding hydrogens is 296 g/mol. The lowest BCUT2D eigenvalue weighted by molar-refractivity contribution is 0.348. The van der Waals surface area contributed by atoms with Crippen molar-refractivity contribution >= 4 is 16.6 Å². The van der Waals surface area contributed by atoms with Crippen molar-refractivity contribution in [1.29, 1.82) is 0 Å². The number of pyridine rings is 1. The Morgan fingerprint density at radius 3 is 2.46 bits per heavy atom. The van der Waals surface area contributed by atoms with E-state index in [1.165, 1.54) is 0 Å². The highest BCUT2D eigenvalue weighted by atomic mass is 16.3. The van der Waals surface area contributed by atoms with E-state index in [1.54, 1.807) is 6.20 Å². The van der Waals surface area contributed by atoms with Crippen molar-refractivity contribution in [1.82, 2.24) is 4.98 Å². The first kappa shape index (κ1) is 16.3. The molecule has 0 saturated heterocycles. The lowest BCUT2D eigenvalue weighted by atomic mass is 9.84. The van der Waals surface area contributed by atoms with Gasteiger partial charge in [-0.2, -0.15) is 0 Å². The van der Waals surface area contributed by atoms with Crippen LogP contribution >= 0.6 is 0 Å². The molecule has 0 spiro atoms. The Balaban J connectivity index is 2.03. The predicted octanol–water partition coefficient (Wildman–Crippen LogP) is 5.53. The van der Waals surface area contributed by atoms with Crippen LogP contribution in [0.5, 0.6) is 5.75 Å². The van der Waals surface area contributed by atoms with Crippen LogP contribution in [0.4, 0.5) is 5.69 Å². The number of fused-ring (bicyclic) bond motifs is 1. The lowest BCUT2D eigenvalue weighted by Crippen LogP contribution is -2.19. The minimum Gasteiger partial charge on any atom is -0.505 e. The molecule has 24 heavy (non-hydrogen) atoms. The Hall–Kier alpha value is -2.55. The van der Waals surface area contributed by atoms with Gasteiger partial charge in [0.25, 0.3) is 0 Å². The number of aromatic hydroxyl groups is 1. The quantitative estimate of drug-likeness (QED) is 0.664. The van der Waals surface area contributed by atoms with Gasteiger partial charge >= 0.3 is 0 Å². The average molecular weight is 320 g/mol. The zero-order valence-electron chi connectivity index (χ0n) is 14.5. The Bertz CT molecular complexity index is 822. The van der Waals surface area contributed by atoms with Crippen LogP contribution in [-0.4, -0.2) is 10.1 Å². The van der Waals surface area contributed by atoms with Gasteiger partial charge < -0.3 is 10.4 Å². The third-order valence-corrected chi connectivity index (χ3v) is 4.09. The van der Waals surface area contributed by atoms with Crippen LogP contribution in [0, 0.1) is 5.41 Å². The van der Waals surface area contributed by atoms with Gasteiger partial charge in [-0.1, -0.05) is 57.2 Å². The van der Waals surface area contributed by atoms with Gasteiger partial charge in [0.15, 0.2) is 0 Å². The number of nitrogens with zero attached hydrogens (tertiary/aromatic N) is 1. The zero-order valence-corrected chi connectivity index (χ0v) is 14.5. The number of aromatic nitrogens is 1. The minimum atomic E-state index is 0.0128. The maximum atomic E-state index is 10.8. The number of nitrogens with one attached hydrogen (secondary N) is 1. The van der Waals surface area contributed by atoms with Crippen LogP contribution < -0.4 is 5.32 Å². The van der Waals surface area contributed by atoms with Crippen LogP contribution in [0.1, 0.15) is 38.8 Å². The number of hydrogen-bond acceptors (Lipinski definition) is 3. The molecule has 1 aromatic heterocycles. The normalized spacial score (nSPS) is 13.0. The first-order valence-corrected chi connectivity index (χ1v) is 8.32. The van der Waals surface area contributed by atoms with Crippen LogP contribution in [0.2, 0.25) is 0 Å². The minimum absolute atomic E-state index is 0.0128. The molecule has 0 fully saturated rings. The highest BCUT2D eigenvalue weighted by Crippen LogP contribution is 2.38. The fourth-order valence-corrected chi connectivity index (χ4v) is 3.01. The highest BCUT2D eigenvalue weighted by molar-refractivity contribution is 5.85. The summed E-state index contributed by atoms with van der Waals surface area (Å²) >= 11 is 0. The molecule has 0 bridgehead atoms. The monoisotopic (exact) mass is 320 g/mol. The predicted molar refractivity (Wildman–Crippen MR) is 100 cm³/mol. The van der Waals surface area contributed by atoms with E-state index in [1.807, 2.05) is 54.6 Å². The first-order chi connectivity index (χ1) is 11.4. The molecule has 124 valence electrons. The number of phenolic OH excluding ortho intramolecular Hbond substituents is 1. The van der Waals surface area contributed by atoms with Gasteiger partial charge in [-0.25, -0.2) is 0 Å². The highest BCUT2D eigenvalue weighted by Gasteiger charge is 2.23. The molecule has 3 heteroatoms. The summed E-state index contributed by atoms with van der Waals surface area (Å²) in [6, 6.07) is 18.0. The van der Waals surface area contributed by atoms with Crippen molar-refractivity contribution < 1.29 is 5.11 Å². The third kappa shape index (κ3) is 3.67. The van der Waals surface area contributed by atoms with Crippen molar-refractivity contribution in [2.24, 2.45) is 5.41 Å². The lowest BCUT2D eigenvalue weighted by Gasteiger charge is -2.28. The van der Waals surface area contributed by atoms with Gasteiger partial charge in [0.1, 0.15) is 11.3 Å². The number of para-hydroxylation sites is 1. The smallest absolute Gasteiger partial charge is 0.147 e. The summed E-state index contributed by atoms with van der Waals surface area (Å²) in [5.74, 6) is 0.269. The van der Waals surface area contributed by atoms with E-state index in [-0.39, 0.29) is 17.2 Å². The molecule has 0 aliphatic carbocycles. The molecule has 0 aliphatic rings. The molecule has 0 aliphatic heterocycles. The molecule has 0 saturated carbocycles. The molecule has 0 radical (unpaired) electrons. The average Bonchev–Trinajstić information content (AvgIpc) is 2.55. The van der Waals surface area contributed by atoms with Crippen molar-refractivity contribution in [2.45, 2.75) is 33.2 Å². The summed E-state index contributed by atoms with van der Waals surface area (Å²) in [7, 11) is 0. The van der Waals surface area contributed by atoms with Crippen molar-refractivity contribution in [2.75, 3.05) is 5.32 Å². The Labute approximate surface area is 143 Å². The van der Waals surface area contributed by atoms with Crippen molar-refractivity contribution in [3.05, 3.63) is 66.4 Å². The van der Waals surface area contributed by atoms with Crippen LogP contribution in [-0.2, 0) is 0 Å². The van der Waals surface area contributed by atoms with Gasteiger partial charge in [0.05, 0.1) is 6.04 Å². The van der Waals surface area contributed by atoms with Crippen molar-refractivity contribution in [3.63, 3.8) is 0 Å². The van der Waals surface area contributed by atoms with Crippen LogP contribution in [0.15, 0.2) is 60.8 Å². The summed E-state index contributed by atoms with van der Waals surface area (Å²) in [5, 5.41) is 15.3. The summed E-state index contributed by atoms with van der Waals surface area (Å²) in [4.78, 5) is 4.35. The van der Waals surface area contributed by atoms with E-state index < -0.39 is 0 Å². The molecule has 3 nitrogen and oxygen atoms in total. The molecule has 3 aromatic rings. The molecule has 0 amide bonds. The number of rotatable bonds is 4. The topological polar surface area (TPSA) is 45.2 Å². The van der Waals surface area contributed by atoms with E-state index in [2.05, 4.69) is 31.1 Å². The fraction of sp³-hybridized carbons (Fsp3) is 0.286. The van der Waals surface area contributed by atoms with Gasteiger partial charge in [-0.05, 0) is 30.0 Å². The largest absolute Gasteiger partial charge is 0.505 e. The van der Waals surface area contributed by atoms with Gasteiger partial charge in [-0.3, -0.25) is 4.98 Å². The van der Waals surface area contributed by atoms with E-state index in [4.69, 9.17) is 0 Å². The molecule has 1 atom stereocenters. The molecular formula is C21H24N2O. The number of benzene rings is 2. The maximum Gasteiger partial charge on any atom is 0.147 e. The molecule has 1 unspecified atom stereocenters. The standard InChI is InChI=1S/C21H24N2O/c1-21(2,3)14-18(23-16-9-5-4-6-10-16)17-12-11-15-8-7-13-22-19(15)20(17)24/h4-13,18,23-24H,14H2,1-3H3. The zero-order chi connectivity index (χ0) is 17.2. The van der Waals surface area contributed by atoms with E-state index in [9.17, 15) is 5.11 Å². The number of hydrogen-bond donors (Lipinski definition) is 2. The number of anilines is 1. The first-order valence-electron chi connectivity index (χ1n) is 8.32. The molecule has 2 aromatic carbocycles. The van der Waals surface area contributed by atoms with Gasteiger partial charge in [-0.15, -0.1) is 0 Å². The molecule has 2 N–H and O–H groups in total. The number of phenols is 1.